The van der Waals surface area contributed by atoms with Gasteiger partial charge in [-0.15, -0.1) is 0 Å². The minimum atomic E-state index is -0.0330. The standard InChI is InChI=1S/C6H15NO/c1-6(2,8-3)4-5-7/h4-5,7H2,1-3H3. The van der Waals surface area contributed by atoms with Crippen molar-refractivity contribution in [1.82, 2.24) is 0 Å². The van der Waals surface area contributed by atoms with Gasteiger partial charge in [-0.3, -0.25) is 0 Å². The lowest BCUT2D eigenvalue weighted by atomic mass is 10.1. The van der Waals surface area contributed by atoms with Gasteiger partial charge in [-0.1, -0.05) is 0 Å². The van der Waals surface area contributed by atoms with Crippen molar-refractivity contribution in [1.29, 1.82) is 0 Å². The Morgan fingerprint density at radius 1 is 1.50 bits per heavy atom. The highest BCUT2D eigenvalue weighted by atomic mass is 16.5. The zero-order valence-electron chi connectivity index (χ0n) is 5.90. The first kappa shape index (κ1) is 7.92. The molecule has 0 saturated heterocycles. The first-order chi connectivity index (χ1) is 3.62. The van der Waals surface area contributed by atoms with Gasteiger partial charge in [-0.05, 0) is 26.8 Å². The highest BCUT2D eigenvalue weighted by Gasteiger charge is 2.13. The van der Waals surface area contributed by atoms with Gasteiger partial charge in [0.2, 0.25) is 0 Å². The van der Waals surface area contributed by atoms with Crippen molar-refractivity contribution in [2.45, 2.75) is 25.9 Å². The van der Waals surface area contributed by atoms with E-state index in [4.69, 9.17) is 10.5 Å². The van der Waals surface area contributed by atoms with E-state index in [0.717, 1.165) is 6.42 Å². The molecule has 0 aromatic heterocycles. The molecule has 0 radical (unpaired) electrons. The summed E-state index contributed by atoms with van der Waals surface area (Å²) in [5.41, 5.74) is 5.28. The van der Waals surface area contributed by atoms with E-state index in [0.29, 0.717) is 6.54 Å². The third-order valence-electron chi connectivity index (χ3n) is 1.30. The number of methoxy groups -OCH3 is 1. The second-order valence-corrected chi connectivity index (χ2v) is 2.50. The van der Waals surface area contributed by atoms with Crippen molar-refractivity contribution in [2.75, 3.05) is 13.7 Å². The van der Waals surface area contributed by atoms with E-state index in [-0.39, 0.29) is 5.60 Å². The van der Waals surface area contributed by atoms with Gasteiger partial charge in [0.25, 0.3) is 0 Å². The Balaban J connectivity index is 3.37. The van der Waals surface area contributed by atoms with Gasteiger partial charge in [-0.2, -0.15) is 0 Å². The van der Waals surface area contributed by atoms with Gasteiger partial charge in [0.05, 0.1) is 5.60 Å². The quantitative estimate of drug-likeness (QED) is 0.592. The SMILES string of the molecule is COC(C)(C)CCN. The van der Waals surface area contributed by atoms with E-state index >= 15 is 0 Å². The molecule has 0 aliphatic carbocycles. The number of rotatable bonds is 3. The maximum Gasteiger partial charge on any atom is 0.0634 e. The van der Waals surface area contributed by atoms with Crippen LogP contribution < -0.4 is 5.73 Å². The maximum atomic E-state index is 5.31. The van der Waals surface area contributed by atoms with Crippen LogP contribution >= 0.6 is 0 Å². The van der Waals surface area contributed by atoms with E-state index in [1.165, 1.54) is 0 Å². The van der Waals surface area contributed by atoms with E-state index in [1.54, 1.807) is 7.11 Å². The lowest BCUT2D eigenvalue weighted by molar-refractivity contribution is 0.0176. The van der Waals surface area contributed by atoms with Crippen LogP contribution in [-0.2, 0) is 4.74 Å². The molecule has 0 aliphatic rings. The molecule has 0 bridgehead atoms. The molecular formula is C6H15NO. The van der Waals surface area contributed by atoms with Crippen LogP contribution in [-0.4, -0.2) is 19.3 Å². The molecule has 8 heavy (non-hydrogen) atoms. The van der Waals surface area contributed by atoms with Crippen LogP contribution in [0.4, 0.5) is 0 Å². The van der Waals surface area contributed by atoms with Gasteiger partial charge in [0.1, 0.15) is 0 Å². The third kappa shape index (κ3) is 2.99. The summed E-state index contributed by atoms with van der Waals surface area (Å²) in [4.78, 5) is 0. The third-order valence-corrected chi connectivity index (χ3v) is 1.30. The highest BCUT2D eigenvalue weighted by molar-refractivity contribution is 4.66. The minimum absolute atomic E-state index is 0.0330. The molecule has 2 heteroatoms. The molecule has 0 aromatic carbocycles. The van der Waals surface area contributed by atoms with Crippen molar-refractivity contribution in [3.8, 4) is 0 Å². The average molecular weight is 117 g/mol. The Labute approximate surface area is 51.0 Å². The lowest BCUT2D eigenvalue weighted by Gasteiger charge is -2.21. The molecular weight excluding hydrogens is 102 g/mol. The molecule has 0 fully saturated rings. The van der Waals surface area contributed by atoms with Crippen molar-refractivity contribution in [3.63, 3.8) is 0 Å². The molecule has 0 heterocycles. The monoisotopic (exact) mass is 117 g/mol. The highest BCUT2D eigenvalue weighted by Crippen LogP contribution is 2.10. The maximum absolute atomic E-state index is 5.31. The minimum Gasteiger partial charge on any atom is -0.379 e. The zero-order valence-corrected chi connectivity index (χ0v) is 5.90. The van der Waals surface area contributed by atoms with Crippen LogP contribution in [0.5, 0.6) is 0 Å². The summed E-state index contributed by atoms with van der Waals surface area (Å²) in [6.07, 6.45) is 0.920. The van der Waals surface area contributed by atoms with E-state index in [2.05, 4.69) is 0 Å². The molecule has 0 unspecified atom stereocenters. The normalized spacial score (nSPS) is 12.0. The summed E-state index contributed by atoms with van der Waals surface area (Å²) in [7, 11) is 1.70. The molecule has 0 atom stereocenters. The van der Waals surface area contributed by atoms with Crippen LogP contribution in [0.15, 0.2) is 0 Å². The molecule has 0 aliphatic heterocycles. The van der Waals surface area contributed by atoms with Crippen LogP contribution in [0.2, 0.25) is 0 Å². The smallest absolute Gasteiger partial charge is 0.0634 e. The first-order valence-corrected chi connectivity index (χ1v) is 2.87. The Bertz CT molecular complexity index is 61.5. The summed E-state index contributed by atoms with van der Waals surface area (Å²) in [6, 6.07) is 0. The fourth-order valence-corrected chi connectivity index (χ4v) is 0.450. The van der Waals surface area contributed by atoms with Crippen LogP contribution in [0.25, 0.3) is 0 Å². The Kier molecular flexibility index (Phi) is 3.02. The van der Waals surface area contributed by atoms with Gasteiger partial charge in [0, 0.05) is 7.11 Å². The molecule has 0 saturated carbocycles. The summed E-state index contributed by atoms with van der Waals surface area (Å²) >= 11 is 0. The van der Waals surface area contributed by atoms with Gasteiger partial charge < -0.3 is 10.5 Å². The molecule has 50 valence electrons. The Morgan fingerprint density at radius 3 is 2.12 bits per heavy atom. The predicted molar refractivity (Wildman–Crippen MR) is 34.8 cm³/mol. The van der Waals surface area contributed by atoms with Crippen molar-refractivity contribution >= 4 is 0 Å². The second-order valence-electron chi connectivity index (χ2n) is 2.50. The fraction of sp³-hybridized carbons (Fsp3) is 1.00. The molecule has 0 rings (SSSR count). The van der Waals surface area contributed by atoms with Crippen molar-refractivity contribution in [2.24, 2.45) is 5.73 Å². The molecule has 2 nitrogen and oxygen atoms in total. The van der Waals surface area contributed by atoms with Crippen LogP contribution in [0, 0.1) is 0 Å². The van der Waals surface area contributed by atoms with Crippen molar-refractivity contribution < 1.29 is 4.74 Å². The van der Waals surface area contributed by atoms with E-state index in [1.807, 2.05) is 13.8 Å². The molecule has 0 amide bonds. The largest absolute Gasteiger partial charge is 0.379 e. The zero-order chi connectivity index (χ0) is 6.62. The molecule has 0 spiro atoms. The van der Waals surface area contributed by atoms with Gasteiger partial charge in [-0.25, -0.2) is 0 Å². The lowest BCUT2D eigenvalue weighted by Crippen LogP contribution is -2.25. The van der Waals surface area contributed by atoms with E-state index < -0.39 is 0 Å². The summed E-state index contributed by atoms with van der Waals surface area (Å²) in [5.74, 6) is 0. The summed E-state index contributed by atoms with van der Waals surface area (Å²) in [6.45, 7) is 4.75. The fourth-order valence-electron chi connectivity index (χ4n) is 0.450. The van der Waals surface area contributed by atoms with Crippen LogP contribution in [0.1, 0.15) is 20.3 Å². The Hall–Kier alpha value is -0.0800. The van der Waals surface area contributed by atoms with Gasteiger partial charge >= 0.3 is 0 Å². The average Bonchev–Trinajstić information content (AvgIpc) is 1.67. The number of hydrogen-bond donors (Lipinski definition) is 1. The first-order valence-electron chi connectivity index (χ1n) is 2.87. The Morgan fingerprint density at radius 2 is 2.00 bits per heavy atom. The number of nitrogens with two attached hydrogens (primary N) is 1. The van der Waals surface area contributed by atoms with Gasteiger partial charge in [0.15, 0.2) is 0 Å². The summed E-state index contributed by atoms with van der Waals surface area (Å²) in [5, 5.41) is 0. The van der Waals surface area contributed by atoms with Crippen molar-refractivity contribution in [3.05, 3.63) is 0 Å². The topological polar surface area (TPSA) is 35.2 Å². The number of ether oxygens (including phenoxy) is 1. The molecule has 2 N–H and O–H groups in total. The second kappa shape index (κ2) is 3.05. The molecule has 0 aromatic rings. The van der Waals surface area contributed by atoms with E-state index in [9.17, 15) is 0 Å². The number of hydrogen-bond acceptors (Lipinski definition) is 2. The predicted octanol–water partition coefficient (Wildman–Crippen LogP) is 0.760. The summed E-state index contributed by atoms with van der Waals surface area (Å²) < 4.78 is 5.10. The van der Waals surface area contributed by atoms with Crippen LogP contribution in [0.3, 0.4) is 0 Å².